The molecule has 368 valence electrons. The highest BCUT2D eigenvalue weighted by Gasteiger charge is 2.79. The number of aliphatic hydroxyl groups excluding tert-OH is 3. The monoisotopic (exact) mass is 941 g/mol. The van der Waals surface area contributed by atoms with Gasteiger partial charge in [-0.15, -0.1) is 0 Å². The Morgan fingerprint density at radius 3 is 2.06 bits per heavy atom. The fourth-order valence-electron chi connectivity index (χ4n) is 11.2. The number of hydrogen-bond donors (Lipinski definition) is 6. The summed E-state index contributed by atoms with van der Waals surface area (Å²) in [6.45, 7) is 11.6. The molecule has 2 aromatic rings. The maximum Gasteiger partial charge on any atom is 0.408 e. The first kappa shape index (κ1) is 51.2. The van der Waals surface area contributed by atoms with Gasteiger partial charge >= 0.3 is 35.9 Å². The molecule has 19 heteroatoms. The molecule has 4 fully saturated rings. The molecule has 3 aliphatic carbocycles. The number of carboxylic acid groups (broad SMARTS) is 1. The Morgan fingerprint density at radius 1 is 0.896 bits per heavy atom. The Balaban J connectivity index is 1.52. The smallest absolute Gasteiger partial charge is 0.408 e. The molecule has 2 aromatic carbocycles. The molecule has 1 saturated heterocycles. The van der Waals surface area contributed by atoms with Crippen LogP contribution in [0.4, 0.5) is 4.79 Å². The molecular weight excluding hydrogens is 879 g/mol. The van der Waals surface area contributed by atoms with Crippen molar-refractivity contribution in [2.75, 3.05) is 19.8 Å². The zero-order valence-electron chi connectivity index (χ0n) is 39.1. The summed E-state index contributed by atoms with van der Waals surface area (Å²) in [6.07, 6.45) is -11.9. The SMILES string of the molecule is CC(=O)O[C@@]12CO[C@@H]1C[C@H](O)[C@@]1(C)[C@H](O)[C@H](O)C3[C@H](C)[C@](C)(OC(=O)[C@H](OC(=O)COCC(=O)O)C(NC(=O)OC(C)(C)C)c4ccccc4)C[C@@](O)([C@@H](OC(=O)c4ccccc4)[C@H]21)C3(C)C. The van der Waals surface area contributed by atoms with Crippen molar-refractivity contribution in [3.05, 3.63) is 71.8 Å². The third-order valence-electron chi connectivity index (χ3n) is 14.6. The first-order chi connectivity index (χ1) is 31.1. The number of rotatable bonds is 13. The Labute approximate surface area is 388 Å². The summed E-state index contributed by atoms with van der Waals surface area (Å²) < 4.78 is 41.0. The van der Waals surface area contributed by atoms with Crippen LogP contribution in [0.2, 0.25) is 0 Å². The molecule has 14 atom stereocenters. The quantitative estimate of drug-likeness (QED) is 0.124. The average Bonchev–Trinajstić information content (AvgIpc) is 3.23. The van der Waals surface area contributed by atoms with Gasteiger partial charge in [0.25, 0.3) is 0 Å². The van der Waals surface area contributed by atoms with Gasteiger partial charge in [-0.2, -0.15) is 0 Å². The van der Waals surface area contributed by atoms with Crippen molar-refractivity contribution in [2.24, 2.45) is 28.6 Å². The molecule has 0 spiro atoms. The van der Waals surface area contributed by atoms with Crippen LogP contribution in [0.3, 0.4) is 0 Å². The molecule has 2 unspecified atom stereocenters. The fourth-order valence-corrected chi connectivity index (χ4v) is 11.2. The van der Waals surface area contributed by atoms with Crippen molar-refractivity contribution in [3.8, 4) is 0 Å². The summed E-state index contributed by atoms with van der Waals surface area (Å²) >= 11 is 0. The van der Waals surface area contributed by atoms with Crippen LogP contribution < -0.4 is 5.32 Å². The molecule has 1 aliphatic heterocycles. The maximum atomic E-state index is 15.1. The standard InChI is InChI=1S/C48H63NO18/c1-25-33-35(55)38(56)46(9)29(51)20-30-47(24-62-30,65-26(2)50)37(46)39(64-40(57)28-18-14-11-15-19-28)48(60,44(33,6)7)23-45(25,8)66-41(58)36(63-32(54)22-61-21-31(52)53)34(27-16-12-10-13-17-27)49-42(59)67-43(3,4)5/h10-19,25,29-30,33-39,51,55-56,60H,20-24H2,1-9H3,(H,49,59)(H,52,53)/t25-,29-,30+,33?,34?,35+,36+,37-,38+,39-,45+,46+,47-,48+/m0/s1. The van der Waals surface area contributed by atoms with Gasteiger partial charge in [-0.25, -0.2) is 24.0 Å². The summed E-state index contributed by atoms with van der Waals surface area (Å²) in [4.78, 5) is 80.5. The van der Waals surface area contributed by atoms with E-state index in [2.05, 4.69) is 5.32 Å². The number of carbonyl (C=O) groups is 6. The second kappa shape index (κ2) is 18.7. The van der Waals surface area contributed by atoms with Gasteiger partial charge in [-0.05, 0) is 45.4 Å². The highest BCUT2D eigenvalue weighted by Crippen LogP contribution is 2.67. The summed E-state index contributed by atoms with van der Waals surface area (Å²) in [5, 5.41) is 62.9. The topological polar surface area (TPSA) is 280 Å². The van der Waals surface area contributed by atoms with Gasteiger partial charge in [0, 0.05) is 42.4 Å². The number of carboxylic acids is 1. The molecule has 3 saturated carbocycles. The normalized spacial score (nSPS) is 34.9. The lowest BCUT2D eigenvalue weighted by molar-refractivity contribution is -0.383. The van der Waals surface area contributed by atoms with Crippen molar-refractivity contribution in [1.82, 2.24) is 5.32 Å². The highest BCUT2D eigenvalue weighted by molar-refractivity contribution is 5.89. The van der Waals surface area contributed by atoms with Crippen molar-refractivity contribution in [2.45, 2.75) is 140 Å². The van der Waals surface area contributed by atoms with Crippen molar-refractivity contribution < 1.29 is 87.5 Å². The number of alkyl carbamates (subject to hydrolysis) is 1. The van der Waals surface area contributed by atoms with E-state index < -0.39 is 149 Å². The van der Waals surface area contributed by atoms with Crippen molar-refractivity contribution in [1.29, 1.82) is 0 Å². The molecule has 6 N–H and O–H groups in total. The molecule has 4 aliphatic rings. The summed E-state index contributed by atoms with van der Waals surface area (Å²) in [6, 6.07) is 14.2. The molecule has 0 radical (unpaired) electrons. The van der Waals surface area contributed by atoms with Crippen LogP contribution in [0.5, 0.6) is 0 Å². The third kappa shape index (κ3) is 9.50. The van der Waals surface area contributed by atoms with Gasteiger partial charge in [0.05, 0.1) is 36.4 Å². The largest absolute Gasteiger partial charge is 0.480 e. The number of carbonyl (C=O) groups excluding carboxylic acids is 5. The molecule has 1 heterocycles. The minimum atomic E-state index is -2.41. The molecule has 67 heavy (non-hydrogen) atoms. The average molecular weight is 942 g/mol. The van der Waals surface area contributed by atoms with Crippen molar-refractivity contribution in [3.63, 3.8) is 0 Å². The second-order valence-corrected chi connectivity index (χ2v) is 20.3. The van der Waals surface area contributed by atoms with Gasteiger partial charge < -0.3 is 64.0 Å². The minimum Gasteiger partial charge on any atom is -0.480 e. The van der Waals surface area contributed by atoms with E-state index >= 15 is 4.79 Å². The van der Waals surface area contributed by atoms with E-state index in [0.29, 0.717) is 0 Å². The number of ether oxygens (including phenoxy) is 7. The predicted molar refractivity (Wildman–Crippen MR) is 232 cm³/mol. The first-order valence-corrected chi connectivity index (χ1v) is 22.2. The van der Waals surface area contributed by atoms with E-state index in [0.717, 1.165) is 6.92 Å². The van der Waals surface area contributed by atoms with Gasteiger partial charge in [-0.3, -0.25) is 4.79 Å². The van der Waals surface area contributed by atoms with E-state index in [1.54, 1.807) is 77.9 Å². The molecular formula is C48H63NO18. The van der Waals surface area contributed by atoms with Crippen LogP contribution in [-0.4, -0.2) is 140 Å². The zero-order valence-corrected chi connectivity index (χ0v) is 39.1. The van der Waals surface area contributed by atoms with Crippen LogP contribution in [0.15, 0.2) is 60.7 Å². The van der Waals surface area contributed by atoms with E-state index in [1.165, 1.54) is 38.1 Å². The molecule has 1 amide bonds. The predicted octanol–water partition coefficient (Wildman–Crippen LogP) is 3.03. The van der Waals surface area contributed by atoms with Crippen LogP contribution in [-0.2, 0) is 52.3 Å². The van der Waals surface area contributed by atoms with E-state index in [9.17, 15) is 44.4 Å². The lowest BCUT2D eigenvalue weighted by atomic mass is 9.40. The number of aliphatic carboxylic acids is 1. The summed E-state index contributed by atoms with van der Waals surface area (Å²) in [7, 11) is 0. The number of esters is 4. The van der Waals surface area contributed by atoms with E-state index in [-0.39, 0.29) is 24.2 Å². The number of benzene rings is 2. The fraction of sp³-hybridized carbons (Fsp3) is 0.625. The Bertz CT molecular complexity index is 2180. The van der Waals surface area contributed by atoms with Gasteiger partial charge in [0.15, 0.2) is 5.60 Å². The first-order valence-electron chi connectivity index (χ1n) is 22.2. The van der Waals surface area contributed by atoms with Gasteiger partial charge in [-0.1, -0.05) is 76.2 Å². The Morgan fingerprint density at radius 2 is 1.51 bits per heavy atom. The van der Waals surface area contributed by atoms with Crippen molar-refractivity contribution >= 4 is 35.9 Å². The summed E-state index contributed by atoms with van der Waals surface area (Å²) in [5.41, 5.74) is -10.3. The van der Waals surface area contributed by atoms with Gasteiger partial charge in [0.1, 0.15) is 48.3 Å². The number of fused-ring (bicyclic) bond motifs is 5. The number of amides is 1. The highest BCUT2D eigenvalue weighted by atomic mass is 16.6. The van der Waals surface area contributed by atoms with E-state index in [4.69, 9.17) is 38.3 Å². The summed E-state index contributed by atoms with van der Waals surface area (Å²) in [5.74, 6) is -9.40. The molecule has 0 aromatic heterocycles. The lowest BCUT2D eigenvalue weighted by Gasteiger charge is -2.71. The molecule has 19 nitrogen and oxygen atoms in total. The molecule has 2 bridgehead atoms. The second-order valence-electron chi connectivity index (χ2n) is 20.3. The number of nitrogens with one attached hydrogen (secondary N) is 1. The van der Waals surface area contributed by atoms with Crippen LogP contribution in [0.25, 0.3) is 0 Å². The number of hydrogen-bond acceptors (Lipinski definition) is 17. The van der Waals surface area contributed by atoms with Crippen LogP contribution >= 0.6 is 0 Å². The van der Waals surface area contributed by atoms with Crippen LogP contribution in [0.1, 0.15) is 97.1 Å². The lowest BCUT2D eigenvalue weighted by Crippen LogP contribution is -2.84. The molecule has 6 rings (SSSR count). The van der Waals surface area contributed by atoms with E-state index in [1.807, 2.05) is 0 Å². The maximum absolute atomic E-state index is 15.1. The minimum absolute atomic E-state index is 0.0592. The Hall–Kier alpha value is -5.18. The Kier molecular flexibility index (Phi) is 14.3. The number of aliphatic hydroxyl groups is 4. The van der Waals surface area contributed by atoms with Crippen LogP contribution in [0, 0.1) is 28.6 Å². The van der Waals surface area contributed by atoms with Gasteiger partial charge in [0.2, 0.25) is 6.10 Å². The zero-order chi connectivity index (χ0) is 49.7. The third-order valence-corrected chi connectivity index (χ3v) is 14.6.